The van der Waals surface area contributed by atoms with E-state index in [2.05, 4.69) is 5.32 Å². The van der Waals surface area contributed by atoms with Gasteiger partial charge in [-0.1, -0.05) is 91.0 Å². The zero-order valence-electron chi connectivity index (χ0n) is 24.3. The number of carbonyl (C=O) groups is 4. The summed E-state index contributed by atoms with van der Waals surface area (Å²) in [6.07, 6.45) is 1.17. The molecule has 8 nitrogen and oxygen atoms in total. The molecule has 0 aliphatic rings. The molecule has 4 aromatic rings. The van der Waals surface area contributed by atoms with E-state index in [0.717, 1.165) is 27.5 Å². The second kappa shape index (κ2) is 15.3. The van der Waals surface area contributed by atoms with Crippen LogP contribution < -0.4 is 11.1 Å². The van der Waals surface area contributed by atoms with E-state index >= 15 is 0 Å². The highest BCUT2D eigenvalue weighted by Crippen LogP contribution is 2.23. The van der Waals surface area contributed by atoms with Crippen molar-refractivity contribution >= 4 is 34.5 Å². The first-order valence-electron chi connectivity index (χ1n) is 14.4. The molecule has 4 aromatic carbocycles. The van der Waals surface area contributed by atoms with E-state index in [0.29, 0.717) is 18.4 Å². The summed E-state index contributed by atoms with van der Waals surface area (Å²) in [5.41, 5.74) is 8.53. The van der Waals surface area contributed by atoms with Crippen LogP contribution in [0.3, 0.4) is 0 Å². The van der Waals surface area contributed by atoms with Crippen molar-refractivity contribution in [3.63, 3.8) is 0 Å². The smallest absolute Gasteiger partial charge is 0.306 e. The van der Waals surface area contributed by atoms with Crippen LogP contribution in [0.1, 0.15) is 52.7 Å². The average Bonchev–Trinajstić information content (AvgIpc) is 3.02. The van der Waals surface area contributed by atoms with Crippen molar-refractivity contribution in [3.05, 3.63) is 119 Å². The Labute approximate surface area is 251 Å². The van der Waals surface area contributed by atoms with Gasteiger partial charge in [0, 0.05) is 32.0 Å². The van der Waals surface area contributed by atoms with Crippen LogP contribution in [-0.2, 0) is 32.1 Å². The lowest BCUT2D eigenvalue weighted by molar-refractivity contribution is -0.145. The molecule has 0 saturated heterocycles. The van der Waals surface area contributed by atoms with Crippen LogP contribution >= 0.6 is 0 Å². The second-order valence-electron chi connectivity index (χ2n) is 10.6. The van der Waals surface area contributed by atoms with Gasteiger partial charge in [0.15, 0.2) is 0 Å². The standard InChI is InChI=1S/C35H37N3O5/c1-38(20-19-32(36)39)35(42)31(17-10-18-33(40)43-24-26-13-6-3-7-14-26)37-34(41)30-23-28-16-9-8-15-27(28)22-29(30)21-25-11-4-2-5-12-25/h2-9,11-16,22-23,31H,10,17-21,24H2,1H3,(H2,36,39)(H,37,41)/t31-/m0/s1. The van der Waals surface area contributed by atoms with E-state index in [1.165, 1.54) is 4.90 Å². The molecule has 3 N–H and O–H groups in total. The van der Waals surface area contributed by atoms with Crippen LogP contribution in [0.25, 0.3) is 10.8 Å². The normalized spacial score (nSPS) is 11.5. The fourth-order valence-corrected chi connectivity index (χ4v) is 4.87. The van der Waals surface area contributed by atoms with E-state index in [4.69, 9.17) is 10.5 Å². The van der Waals surface area contributed by atoms with Crippen LogP contribution in [0.15, 0.2) is 97.1 Å². The molecule has 0 heterocycles. The first-order valence-corrected chi connectivity index (χ1v) is 14.4. The SMILES string of the molecule is CN(CCC(N)=O)C(=O)[C@H](CCCC(=O)OCc1ccccc1)NC(=O)c1cc2ccccc2cc1Cc1ccccc1. The summed E-state index contributed by atoms with van der Waals surface area (Å²) < 4.78 is 5.37. The molecule has 222 valence electrons. The number of hydrogen-bond donors (Lipinski definition) is 2. The molecule has 3 amide bonds. The molecule has 0 bridgehead atoms. The fraction of sp³-hybridized carbons (Fsp3) is 0.257. The molecule has 4 rings (SSSR count). The number of carbonyl (C=O) groups excluding carboxylic acids is 4. The number of ether oxygens (including phenoxy) is 1. The van der Waals surface area contributed by atoms with Gasteiger partial charge in [-0.25, -0.2) is 0 Å². The van der Waals surface area contributed by atoms with Gasteiger partial charge in [-0.2, -0.15) is 0 Å². The van der Waals surface area contributed by atoms with Crippen molar-refractivity contribution in [2.45, 2.75) is 44.8 Å². The summed E-state index contributed by atoms with van der Waals surface area (Å²) in [5, 5.41) is 4.85. The molecule has 0 fully saturated rings. The number of rotatable bonds is 14. The number of esters is 1. The molecule has 0 saturated carbocycles. The molecule has 43 heavy (non-hydrogen) atoms. The molecule has 1 atom stereocenters. The van der Waals surface area contributed by atoms with Gasteiger partial charge >= 0.3 is 5.97 Å². The third-order valence-electron chi connectivity index (χ3n) is 7.24. The van der Waals surface area contributed by atoms with Crippen molar-refractivity contribution in [1.29, 1.82) is 0 Å². The van der Waals surface area contributed by atoms with E-state index in [-0.39, 0.29) is 50.2 Å². The Bertz CT molecular complexity index is 1560. The second-order valence-corrected chi connectivity index (χ2v) is 10.6. The zero-order chi connectivity index (χ0) is 30.6. The maximum atomic E-state index is 13.8. The first-order chi connectivity index (χ1) is 20.8. The Kier molecular flexibility index (Phi) is 11.0. The van der Waals surface area contributed by atoms with Gasteiger partial charge in [0.25, 0.3) is 5.91 Å². The van der Waals surface area contributed by atoms with Gasteiger partial charge in [-0.3, -0.25) is 19.2 Å². The van der Waals surface area contributed by atoms with Gasteiger partial charge in [0.2, 0.25) is 11.8 Å². The lowest BCUT2D eigenvalue weighted by Crippen LogP contribution is -2.48. The van der Waals surface area contributed by atoms with Gasteiger partial charge in [-0.05, 0) is 52.8 Å². The van der Waals surface area contributed by atoms with Gasteiger partial charge in [-0.15, -0.1) is 0 Å². The number of nitrogens with one attached hydrogen (secondary N) is 1. The summed E-state index contributed by atoms with van der Waals surface area (Å²) >= 11 is 0. The lowest BCUT2D eigenvalue weighted by atomic mass is 9.95. The number of hydrogen-bond acceptors (Lipinski definition) is 5. The van der Waals surface area contributed by atoms with Crippen LogP contribution in [0.2, 0.25) is 0 Å². The third-order valence-corrected chi connectivity index (χ3v) is 7.24. The quantitative estimate of drug-likeness (QED) is 0.209. The molecular formula is C35H37N3O5. The minimum atomic E-state index is -0.914. The zero-order valence-corrected chi connectivity index (χ0v) is 24.3. The van der Waals surface area contributed by atoms with Crippen molar-refractivity contribution in [1.82, 2.24) is 10.2 Å². The number of amides is 3. The Hall–Kier alpha value is -4.98. The van der Waals surface area contributed by atoms with E-state index in [9.17, 15) is 19.2 Å². The summed E-state index contributed by atoms with van der Waals surface area (Å²) in [7, 11) is 1.56. The largest absolute Gasteiger partial charge is 0.461 e. The minimum absolute atomic E-state index is 0.000612. The lowest BCUT2D eigenvalue weighted by Gasteiger charge is -2.25. The highest BCUT2D eigenvalue weighted by Gasteiger charge is 2.26. The van der Waals surface area contributed by atoms with Crippen LogP contribution in [0, 0.1) is 0 Å². The van der Waals surface area contributed by atoms with Crippen molar-refractivity contribution in [3.8, 4) is 0 Å². The molecule has 0 aliphatic carbocycles. The van der Waals surface area contributed by atoms with E-state index < -0.39 is 11.9 Å². The molecule has 0 radical (unpaired) electrons. The number of fused-ring (bicyclic) bond motifs is 1. The van der Waals surface area contributed by atoms with Crippen LogP contribution in [0.4, 0.5) is 0 Å². The Morgan fingerprint density at radius 2 is 1.42 bits per heavy atom. The van der Waals surface area contributed by atoms with Gasteiger partial charge in [0.05, 0.1) is 0 Å². The fourth-order valence-electron chi connectivity index (χ4n) is 4.87. The molecular weight excluding hydrogens is 542 g/mol. The summed E-state index contributed by atoms with van der Waals surface area (Å²) in [5.74, 6) is -1.66. The van der Waals surface area contributed by atoms with Gasteiger partial charge in [0.1, 0.15) is 12.6 Å². The highest BCUT2D eigenvalue weighted by molar-refractivity contribution is 6.02. The summed E-state index contributed by atoms with van der Waals surface area (Å²) in [6.45, 7) is 0.287. The summed E-state index contributed by atoms with van der Waals surface area (Å²) in [6, 6.07) is 30.0. The number of likely N-dealkylation sites (N-methyl/N-ethyl adjacent to an activating group) is 1. The molecule has 0 spiro atoms. The van der Waals surface area contributed by atoms with Crippen molar-refractivity contribution in [2.24, 2.45) is 5.73 Å². The predicted octanol–water partition coefficient (Wildman–Crippen LogP) is 4.78. The highest BCUT2D eigenvalue weighted by atomic mass is 16.5. The van der Waals surface area contributed by atoms with Crippen molar-refractivity contribution in [2.75, 3.05) is 13.6 Å². The summed E-state index contributed by atoms with van der Waals surface area (Å²) in [4.78, 5) is 52.4. The van der Waals surface area contributed by atoms with Crippen LogP contribution in [0.5, 0.6) is 0 Å². The average molecular weight is 580 g/mol. The topological polar surface area (TPSA) is 119 Å². The molecule has 8 heteroatoms. The number of benzene rings is 4. The Morgan fingerprint density at radius 1 is 0.814 bits per heavy atom. The van der Waals surface area contributed by atoms with Gasteiger partial charge < -0.3 is 20.7 Å². The predicted molar refractivity (Wildman–Crippen MR) is 166 cm³/mol. The molecule has 0 unspecified atom stereocenters. The first kappa shape index (κ1) is 31.0. The number of primary amides is 1. The third kappa shape index (κ3) is 9.26. The minimum Gasteiger partial charge on any atom is -0.461 e. The maximum absolute atomic E-state index is 13.8. The van der Waals surface area contributed by atoms with E-state index in [1.54, 1.807) is 7.05 Å². The number of nitrogens with two attached hydrogens (primary N) is 1. The number of nitrogens with zero attached hydrogens (tertiary/aromatic N) is 1. The van der Waals surface area contributed by atoms with E-state index in [1.807, 2.05) is 97.1 Å². The molecule has 0 aliphatic heterocycles. The van der Waals surface area contributed by atoms with Crippen molar-refractivity contribution < 1.29 is 23.9 Å². The van der Waals surface area contributed by atoms with Crippen LogP contribution in [-0.4, -0.2) is 48.2 Å². The monoisotopic (exact) mass is 579 g/mol. The Morgan fingerprint density at radius 3 is 2.07 bits per heavy atom. The maximum Gasteiger partial charge on any atom is 0.306 e. The molecule has 0 aromatic heterocycles. The Balaban J connectivity index is 1.50.